The smallest absolute Gasteiger partial charge is 0.147 e. The maximum absolute atomic E-state index is 4.75. The predicted octanol–water partition coefficient (Wildman–Crippen LogP) is 1.90. The number of anilines is 1. The van der Waals surface area contributed by atoms with Crippen LogP contribution >= 0.6 is 0 Å². The van der Waals surface area contributed by atoms with Gasteiger partial charge in [-0.3, -0.25) is 4.98 Å². The molecule has 5 nitrogen and oxygen atoms in total. The SMILES string of the molecule is CCCNCc1cncc(N(C)C2CCN(CC)CC2)n1. The van der Waals surface area contributed by atoms with Gasteiger partial charge in [-0.2, -0.15) is 0 Å². The molecule has 0 aliphatic carbocycles. The molecule has 5 heteroatoms. The molecule has 1 fully saturated rings. The average Bonchev–Trinajstić information content (AvgIpc) is 2.55. The van der Waals surface area contributed by atoms with Crippen LogP contribution in [0.1, 0.15) is 38.8 Å². The Bertz CT molecular complexity index is 415. The number of nitrogens with one attached hydrogen (secondary N) is 1. The highest BCUT2D eigenvalue weighted by atomic mass is 15.2. The van der Waals surface area contributed by atoms with Crippen molar-refractivity contribution in [3.8, 4) is 0 Å². The van der Waals surface area contributed by atoms with Crippen LogP contribution < -0.4 is 10.2 Å². The van der Waals surface area contributed by atoms with Crippen molar-refractivity contribution in [3.05, 3.63) is 18.1 Å². The zero-order valence-electron chi connectivity index (χ0n) is 13.7. The van der Waals surface area contributed by atoms with E-state index in [-0.39, 0.29) is 0 Å². The summed E-state index contributed by atoms with van der Waals surface area (Å²) in [6, 6.07) is 0.584. The van der Waals surface area contributed by atoms with E-state index in [4.69, 9.17) is 4.98 Å². The average molecular weight is 291 g/mol. The van der Waals surface area contributed by atoms with Gasteiger partial charge in [0.2, 0.25) is 0 Å². The molecule has 0 saturated carbocycles. The van der Waals surface area contributed by atoms with Gasteiger partial charge in [0.1, 0.15) is 5.82 Å². The van der Waals surface area contributed by atoms with Gasteiger partial charge < -0.3 is 15.1 Å². The van der Waals surface area contributed by atoms with Crippen molar-refractivity contribution in [1.82, 2.24) is 20.2 Å². The van der Waals surface area contributed by atoms with E-state index in [0.717, 1.165) is 37.6 Å². The Morgan fingerprint density at radius 3 is 2.71 bits per heavy atom. The molecule has 1 aliphatic heterocycles. The van der Waals surface area contributed by atoms with Gasteiger partial charge in [-0.15, -0.1) is 0 Å². The topological polar surface area (TPSA) is 44.3 Å². The number of likely N-dealkylation sites (tertiary alicyclic amines) is 1. The van der Waals surface area contributed by atoms with E-state index < -0.39 is 0 Å². The summed E-state index contributed by atoms with van der Waals surface area (Å²) in [5, 5.41) is 3.38. The van der Waals surface area contributed by atoms with Crippen LogP contribution in [0.5, 0.6) is 0 Å². The highest BCUT2D eigenvalue weighted by Crippen LogP contribution is 2.20. The first-order valence-electron chi connectivity index (χ1n) is 8.21. The number of nitrogens with zero attached hydrogens (tertiary/aromatic N) is 4. The van der Waals surface area contributed by atoms with Gasteiger partial charge in [0.25, 0.3) is 0 Å². The molecule has 118 valence electrons. The molecule has 1 aliphatic rings. The highest BCUT2D eigenvalue weighted by Gasteiger charge is 2.22. The van der Waals surface area contributed by atoms with Crippen LogP contribution in [-0.2, 0) is 6.54 Å². The summed E-state index contributed by atoms with van der Waals surface area (Å²) in [5.41, 5.74) is 1.03. The summed E-state index contributed by atoms with van der Waals surface area (Å²) in [7, 11) is 2.15. The third-order valence-electron chi connectivity index (χ3n) is 4.32. The second-order valence-corrected chi connectivity index (χ2v) is 5.82. The molecule has 2 heterocycles. The Morgan fingerprint density at radius 1 is 1.29 bits per heavy atom. The van der Waals surface area contributed by atoms with E-state index in [1.165, 1.54) is 25.9 Å². The Morgan fingerprint density at radius 2 is 2.05 bits per heavy atom. The molecule has 1 aromatic heterocycles. The lowest BCUT2D eigenvalue weighted by Gasteiger charge is -2.36. The molecule has 1 N–H and O–H groups in total. The fourth-order valence-corrected chi connectivity index (χ4v) is 2.85. The third kappa shape index (κ3) is 4.64. The lowest BCUT2D eigenvalue weighted by atomic mass is 10.0. The van der Waals surface area contributed by atoms with Gasteiger partial charge in [-0.1, -0.05) is 13.8 Å². The van der Waals surface area contributed by atoms with Crippen LogP contribution in [-0.4, -0.2) is 54.1 Å². The van der Waals surface area contributed by atoms with Crippen molar-refractivity contribution in [2.45, 2.75) is 45.7 Å². The maximum Gasteiger partial charge on any atom is 0.147 e. The first-order chi connectivity index (χ1) is 10.2. The molecule has 0 unspecified atom stereocenters. The quantitative estimate of drug-likeness (QED) is 0.777. The van der Waals surface area contributed by atoms with Gasteiger partial charge in [0.05, 0.1) is 11.9 Å². The molecule has 0 bridgehead atoms. The van der Waals surface area contributed by atoms with Crippen LogP contribution in [0.4, 0.5) is 5.82 Å². The van der Waals surface area contributed by atoms with Crippen molar-refractivity contribution >= 4 is 5.82 Å². The Hall–Kier alpha value is -1.20. The fraction of sp³-hybridized carbons (Fsp3) is 0.750. The summed E-state index contributed by atoms with van der Waals surface area (Å²) < 4.78 is 0. The summed E-state index contributed by atoms with van der Waals surface area (Å²) >= 11 is 0. The summed E-state index contributed by atoms with van der Waals surface area (Å²) in [4.78, 5) is 13.9. The van der Waals surface area contributed by atoms with Crippen molar-refractivity contribution in [3.63, 3.8) is 0 Å². The maximum atomic E-state index is 4.75. The number of piperidine rings is 1. The molecule has 0 atom stereocenters. The van der Waals surface area contributed by atoms with Gasteiger partial charge in [-0.05, 0) is 32.4 Å². The van der Waals surface area contributed by atoms with Crippen LogP contribution in [0.15, 0.2) is 12.4 Å². The number of rotatable bonds is 7. The first kappa shape index (κ1) is 16.2. The number of hydrogen-bond acceptors (Lipinski definition) is 5. The molecule has 21 heavy (non-hydrogen) atoms. The van der Waals surface area contributed by atoms with Gasteiger partial charge in [0.15, 0.2) is 0 Å². The molecular formula is C16H29N5. The second-order valence-electron chi connectivity index (χ2n) is 5.82. The van der Waals surface area contributed by atoms with E-state index in [1.54, 1.807) is 0 Å². The standard InChI is InChI=1S/C16H29N5/c1-4-8-17-11-14-12-18-13-16(19-14)20(3)15-6-9-21(5-2)10-7-15/h12-13,15,17H,4-11H2,1-3H3. The van der Waals surface area contributed by atoms with Gasteiger partial charge in [-0.25, -0.2) is 4.98 Å². The first-order valence-corrected chi connectivity index (χ1v) is 8.21. The monoisotopic (exact) mass is 291 g/mol. The van der Waals surface area contributed by atoms with Crippen LogP contribution in [0, 0.1) is 0 Å². The highest BCUT2D eigenvalue weighted by molar-refractivity contribution is 5.36. The predicted molar refractivity (Wildman–Crippen MR) is 87.6 cm³/mol. The third-order valence-corrected chi connectivity index (χ3v) is 4.32. The lowest BCUT2D eigenvalue weighted by molar-refractivity contribution is 0.220. The minimum Gasteiger partial charge on any atom is -0.355 e. The van der Waals surface area contributed by atoms with Crippen molar-refractivity contribution in [1.29, 1.82) is 0 Å². The summed E-state index contributed by atoms with van der Waals surface area (Å²) in [5.74, 6) is 1.00. The Balaban J connectivity index is 1.92. The van der Waals surface area contributed by atoms with E-state index >= 15 is 0 Å². The van der Waals surface area contributed by atoms with Gasteiger partial charge >= 0.3 is 0 Å². The second kappa shape index (κ2) is 8.29. The zero-order chi connectivity index (χ0) is 15.1. The van der Waals surface area contributed by atoms with Gasteiger partial charge in [0, 0.05) is 38.9 Å². The molecule has 0 spiro atoms. The molecule has 0 radical (unpaired) electrons. The largest absolute Gasteiger partial charge is 0.355 e. The summed E-state index contributed by atoms with van der Waals surface area (Å²) in [6.07, 6.45) is 7.31. The van der Waals surface area contributed by atoms with Crippen molar-refractivity contribution < 1.29 is 0 Å². The van der Waals surface area contributed by atoms with E-state index in [0.29, 0.717) is 6.04 Å². The molecule has 0 aromatic carbocycles. The normalized spacial score (nSPS) is 17.1. The van der Waals surface area contributed by atoms with Crippen LogP contribution in [0.2, 0.25) is 0 Å². The number of aromatic nitrogens is 2. The minimum atomic E-state index is 0.584. The molecule has 2 rings (SSSR count). The molecule has 0 amide bonds. The minimum absolute atomic E-state index is 0.584. The van der Waals surface area contributed by atoms with Crippen molar-refractivity contribution in [2.24, 2.45) is 0 Å². The van der Waals surface area contributed by atoms with E-state index in [9.17, 15) is 0 Å². The Labute approximate surface area is 128 Å². The fourth-order valence-electron chi connectivity index (χ4n) is 2.85. The van der Waals surface area contributed by atoms with E-state index in [1.807, 2.05) is 12.4 Å². The van der Waals surface area contributed by atoms with Crippen LogP contribution in [0.25, 0.3) is 0 Å². The summed E-state index contributed by atoms with van der Waals surface area (Å²) in [6.45, 7) is 9.78. The Kier molecular flexibility index (Phi) is 6.39. The molecule has 1 saturated heterocycles. The molecule has 1 aromatic rings. The van der Waals surface area contributed by atoms with Crippen molar-refractivity contribution in [2.75, 3.05) is 38.1 Å². The van der Waals surface area contributed by atoms with Crippen LogP contribution in [0.3, 0.4) is 0 Å². The van der Waals surface area contributed by atoms with E-state index in [2.05, 4.69) is 41.0 Å². The molecular weight excluding hydrogens is 262 g/mol. The zero-order valence-corrected chi connectivity index (χ0v) is 13.7. The number of hydrogen-bond donors (Lipinski definition) is 1. The lowest BCUT2D eigenvalue weighted by Crippen LogP contribution is -2.43.